The van der Waals surface area contributed by atoms with Crippen molar-refractivity contribution in [3.8, 4) is 0 Å². The number of carbonyl (C=O) groups excluding carboxylic acids is 2. The van der Waals surface area contributed by atoms with E-state index in [0.29, 0.717) is 0 Å². The van der Waals surface area contributed by atoms with Gasteiger partial charge in [0.25, 0.3) is 0 Å². The molecule has 4 heteroatoms. The molecule has 0 atom stereocenters. The Labute approximate surface area is 126 Å². The third kappa shape index (κ3) is 4.59. The van der Waals surface area contributed by atoms with Crippen molar-refractivity contribution in [2.24, 2.45) is 0 Å². The van der Waals surface area contributed by atoms with E-state index in [-0.39, 0.29) is 24.3 Å². The van der Waals surface area contributed by atoms with E-state index in [9.17, 15) is 9.59 Å². The molecule has 0 heterocycles. The molecule has 0 bridgehead atoms. The second-order valence-electron chi connectivity index (χ2n) is 5.89. The summed E-state index contributed by atoms with van der Waals surface area (Å²) in [7, 11) is 0. The van der Waals surface area contributed by atoms with Gasteiger partial charge in [0.1, 0.15) is 6.42 Å². The molecular weight excluding hydrogens is 264 g/mol. The molecule has 0 spiro atoms. The number of hydrogen-bond acceptors (Lipinski definition) is 2. The number of hydrogen-bond donors (Lipinski definition) is 2. The van der Waals surface area contributed by atoms with Gasteiger partial charge in [0, 0.05) is 11.7 Å². The molecule has 4 nitrogen and oxygen atoms in total. The fourth-order valence-electron chi connectivity index (χ4n) is 2.87. The highest BCUT2D eigenvalue weighted by molar-refractivity contribution is 6.04. The molecular formula is C17H24N2O2. The van der Waals surface area contributed by atoms with E-state index < -0.39 is 0 Å². The van der Waals surface area contributed by atoms with Gasteiger partial charge < -0.3 is 10.6 Å². The fourth-order valence-corrected chi connectivity index (χ4v) is 2.87. The number of para-hydroxylation sites is 1. The average Bonchev–Trinajstić information content (AvgIpc) is 2.44. The normalized spacial score (nSPS) is 15.5. The van der Waals surface area contributed by atoms with Crippen molar-refractivity contribution < 1.29 is 9.59 Å². The molecule has 1 aliphatic carbocycles. The minimum Gasteiger partial charge on any atom is -0.353 e. The lowest BCUT2D eigenvalue weighted by Gasteiger charge is -2.22. The van der Waals surface area contributed by atoms with E-state index in [1.807, 2.05) is 32.0 Å². The van der Waals surface area contributed by atoms with Gasteiger partial charge in [0.15, 0.2) is 0 Å². The number of carbonyl (C=O) groups is 2. The number of benzene rings is 1. The molecule has 1 fully saturated rings. The minimum absolute atomic E-state index is 0.107. The van der Waals surface area contributed by atoms with Crippen molar-refractivity contribution in [1.82, 2.24) is 5.32 Å². The molecule has 0 radical (unpaired) electrons. The van der Waals surface area contributed by atoms with E-state index in [4.69, 9.17) is 0 Å². The molecule has 1 aromatic rings. The van der Waals surface area contributed by atoms with E-state index in [2.05, 4.69) is 10.6 Å². The van der Waals surface area contributed by atoms with Crippen molar-refractivity contribution in [3.05, 3.63) is 29.3 Å². The molecule has 1 aliphatic rings. The van der Waals surface area contributed by atoms with Gasteiger partial charge in [-0.25, -0.2) is 0 Å². The predicted molar refractivity (Wildman–Crippen MR) is 84.2 cm³/mol. The molecule has 2 rings (SSSR count). The Bertz CT molecular complexity index is 499. The number of rotatable bonds is 4. The molecule has 1 saturated carbocycles. The summed E-state index contributed by atoms with van der Waals surface area (Å²) in [6.45, 7) is 3.90. The van der Waals surface area contributed by atoms with Crippen LogP contribution in [0.4, 0.5) is 5.69 Å². The second kappa shape index (κ2) is 7.25. The van der Waals surface area contributed by atoms with Crippen LogP contribution in [-0.4, -0.2) is 17.9 Å². The lowest BCUT2D eigenvalue weighted by molar-refractivity contribution is -0.127. The highest BCUT2D eigenvalue weighted by atomic mass is 16.2. The topological polar surface area (TPSA) is 58.2 Å². The molecule has 2 amide bonds. The van der Waals surface area contributed by atoms with Gasteiger partial charge in [-0.15, -0.1) is 0 Å². The number of aryl methyl sites for hydroxylation is 2. The Morgan fingerprint density at radius 3 is 2.29 bits per heavy atom. The molecule has 0 unspecified atom stereocenters. The SMILES string of the molecule is Cc1cccc(C)c1NC(=O)CC(=O)NC1CCCCC1. The second-order valence-corrected chi connectivity index (χ2v) is 5.89. The van der Waals surface area contributed by atoms with Crippen molar-refractivity contribution in [2.75, 3.05) is 5.32 Å². The third-order valence-electron chi connectivity index (χ3n) is 4.04. The van der Waals surface area contributed by atoms with Gasteiger partial charge >= 0.3 is 0 Å². The van der Waals surface area contributed by atoms with Crippen LogP contribution in [0.3, 0.4) is 0 Å². The maximum atomic E-state index is 12.0. The van der Waals surface area contributed by atoms with Crippen molar-refractivity contribution in [3.63, 3.8) is 0 Å². The minimum atomic E-state index is -0.249. The van der Waals surface area contributed by atoms with Gasteiger partial charge in [-0.3, -0.25) is 9.59 Å². The molecule has 0 aromatic heterocycles. The van der Waals surface area contributed by atoms with Crippen molar-refractivity contribution in [1.29, 1.82) is 0 Å². The average molecular weight is 288 g/mol. The monoisotopic (exact) mass is 288 g/mol. The van der Waals surface area contributed by atoms with Crippen LogP contribution < -0.4 is 10.6 Å². The van der Waals surface area contributed by atoms with Crippen LogP contribution in [-0.2, 0) is 9.59 Å². The summed E-state index contributed by atoms with van der Waals surface area (Å²) in [4.78, 5) is 23.9. The lowest BCUT2D eigenvalue weighted by Crippen LogP contribution is -2.37. The first-order valence-corrected chi connectivity index (χ1v) is 7.71. The predicted octanol–water partition coefficient (Wildman–Crippen LogP) is 3.08. The van der Waals surface area contributed by atoms with E-state index in [1.54, 1.807) is 0 Å². The smallest absolute Gasteiger partial charge is 0.233 e. The fraction of sp³-hybridized carbons (Fsp3) is 0.529. The van der Waals surface area contributed by atoms with Gasteiger partial charge in [-0.1, -0.05) is 37.5 Å². The van der Waals surface area contributed by atoms with Crippen LogP contribution >= 0.6 is 0 Å². The Kier molecular flexibility index (Phi) is 5.37. The Balaban J connectivity index is 1.85. The standard InChI is InChI=1S/C17H24N2O2/c1-12-7-6-8-13(2)17(12)19-16(21)11-15(20)18-14-9-4-3-5-10-14/h6-8,14H,3-5,9-11H2,1-2H3,(H,18,20)(H,19,21). The maximum absolute atomic E-state index is 12.0. The number of nitrogens with one attached hydrogen (secondary N) is 2. The first-order valence-electron chi connectivity index (χ1n) is 7.71. The van der Waals surface area contributed by atoms with Crippen molar-refractivity contribution in [2.45, 2.75) is 58.4 Å². The summed E-state index contributed by atoms with van der Waals surface area (Å²) in [6.07, 6.45) is 5.54. The van der Waals surface area contributed by atoms with Crippen LogP contribution in [0.25, 0.3) is 0 Å². The Hall–Kier alpha value is -1.84. The molecule has 2 N–H and O–H groups in total. The first kappa shape index (κ1) is 15.5. The van der Waals surface area contributed by atoms with Crippen LogP contribution in [0.15, 0.2) is 18.2 Å². The van der Waals surface area contributed by atoms with Crippen LogP contribution in [0.2, 0.25) is 0 Å². The third-order valence-corrected chi connectivity index (χ3v) is 4.04. The Morgan fingerprint density at radius 2 is 1.67 bits per heavy atom. The van der Waals surface area contributed by atoms with Crippen LogP contribution in [0.1, 0.15) is 49.7 Å². The van der Waals surface area contributed by atoms with Gasteiger partial charge in [-0.05, 0) is 37.8 Å². The highest BCUT2D eigenvalue weighted by Gasteiger charge is 2.18. The maximum Gasteiger partial charge on any atom is 0.233 e. The lowest BCUT2D eigenvalue weighted by atomic mass is 9.95. The Morgan fingerprint density at radius 1 is 1.05 bits per heavy atom. The number of anilines is 1. The number of amides is 2. The van der Waals surface area contributed by atoms with E-state index in [1.165, 1.54) is 19.3 Å². The largest absolute Gasteiger partial charge is 0.353 e. The quantitative estimate of drug-likeness (QED) is 0.836. The van der Waals surface area contributed by atoms with Crippen LogP contribution in [0, 0.1) is 13.8 Å². The summed E-state index contributed by atoms with van der Waals surface area (Å²) in [5.74, 6) is -0.425. The zero-order valence-electron chi connectivity index (χ0n) is 12.9. The van der Waals surface area contributed by atoms with Gasteiger partial charge in [-0.2, -0.15) is 0 Å². The highest BCUT2D eigenvalue weighted by Crippen LogP contribution is 2.20. The van der Waals surface area contributed by atoms with Crippen molar-refractivity contribution >= 4 is 17.5 Å². The molecule has 1 aromatic carbocycles. The summed E-state index contributed by atoms with van der Waals surface area (Å²) in [5.41, 5.74) is 2.83. The first-order chi connectivity index (χ1) is 10.1. The van der Waals surface area contributed by atoms with Gasteiger partial charge in [0.2, 0.25) is 11.8 Å². The van der Waals surface area contributed by atoms with E-state index in [0.717, 1.165) is 29.7 Å². The van der Waals surface area contributed by atoms with Gasteiger partial charge in [0.05, 0.1) is 0 Å². The molecule has 0 aliphatic heterocycles. The van der Waals surface area contributed by atoms with E-state index >= 15 is 0 Å². The zero-order valence-corrected chi connectivity index (χ0v) is 12.9. The molecule has 21 heavy (non-hydrogen) atoms. The summed E-state index contributed by atoms with van der Waals surface area (Å²) < 4.78 is 0. The molecule has 114 valence electrons. The molecule has 0 saturated heterocycles. The summed E-state index contributed by atoms with van der Waals surface area (Å²) in [6, 6.07) is 6.10. The summed E-state index contributed by atoms with van der Waals surface area (Å²) >= 11 is 0. The van der Waals surface area contributed by atoms with Crippen LogP contribution in [0.5, 0.6) is 0 Å². The summed E-state index contributed by atoms with van der Waals surface area (Å²) in [5, 5.41) is 5.81. The zero-order chi connectivity index (χ0) is 15.2.